The van der Waals surface area contributed by atoms with Crippen molar-refractivity contribution in [3.8, 4) is 5.75 Å². The molecule has 1 unspecified atom stereocenters. The molecule has 0 aliphatic carbocycles. The van der Waals surface area contributed by atoms with Crippen molar-refractivity contribution in [2.45, 2.75) is 46.0 Å². The number of nitrogens with one attached hydrogen (secondary N) is 1. The fourth-order valence-electron chi connectivity index (χ4n) is 3.84. The van der Waals surface area contributed by atoms with Gasteiger partial charge in [0, 0.05) is 12.6 Å². The number of carbonyl (C=O) groups excluding carboxylic acids is 2. The van der Waals surface area contributed by atoms with Crippen molar-refractivity contribution in [3.63, 3.8) is 0 Å². The van der Waals surface area contributed by atoms with Crippen LogP contribution in [0.25, 0.3) is 0 Å². The Balaban J connectivity index is 1.81. The molecule has 0 aliphatic heterocycles. The van der Waals surface area contributed by atoms with Crippen LogP contribution < -0.4 is 14.4 Å². The molecule has 1 N–H and O–H groups in total. The van der Waals surface area contributed by atoms with Crippen LogP contribution in [0, 0.1) is 5.82 Å². The van der Waals surface area contributed by atoms with E-state index < -0.39 is 34.3 Å². The van der Waals surface area contributed by atoms with Gasteiger partial charge in [0.1, 0.15) is 30.8 Å². The number of nitrogens with zero attached hydrogens (tertiary/aromatic N) is 2. The fourth-order valence-corrected chi connectivity index (χ4v) is 4.69. The molecule has 3 aromatic carbocycles. The lowest BCUT2D eigenvalue weighted by molar-refractivity contribution is -0.139. The van der Waals surface area contributed by atoms with E-state index in [2.05, 4.69) is 5.32 Å². The van der Waals surface area contributed by atoms with E-state index in [1.165, 1.54) is 29.2 Å². The summed E-state index contributed by atoms with van der Waals surface area (Å²) in [7, 11) is -3.86. The van der Waals surface area contributed by atoms with Crippen LogP contribution in [-0.2, 0) is 32.8 Å². The Hall–Kier alpha value is -3.92. The van der Waals surface area contributed by atoms with Gasteiger partial charge in [-0.2, -0.15) is 0 Å². The number of anilines is 1. The predicted octanol–water partition coefficient (Wildman–Crippen LogP) is 4.11. The number of hydrogen-bond acceptors (Lipinski definition) is 5. The summed E-state index contributed by atoms with van der Waals surface area (Å²) >= 11 is 0. The van der Waals surface area contributed by atoms with E-state index in [-0.39, 0.29) is 24.2 Å². The minimum atomic E-state index is -3.86. The highest BCUT2D eigenvalue weighted by Crippen LogP contribution is 2.23. The average Bonchev–Trinajstić information content (AvgIpc) is 2.89. The van der Waals surface area contributed by atoms with Gasteiger partial charge < -0.3 is 15.0 Å². The minimum absolute atomic E-state index is 0.00430. The molecule has 3 rings (SSSR count). The zero-order valence-electron chi connectivity index (χ0n) is 22.5. The first-order chi connectivity index (χ1) is 18.4. The summed E-state index contributed by atoms with van der Waals surface area (Å²) in [4.78, 5) is 27.6. The van der Waals surface area contributed by atoms with E-state index in [0.29, 0.717) is 17.9 Å². The molecule has 1 atom stereocenters. The Labute approximate surface area is 229 Å². The zero-order valence-corrected chi connectivity index (χ0v) is 23.3. The third kappa shape index (κ3) is 8.81. The largest absolute Gasteiger partial charge is 0.489 e. The quantitative estimate of drug-likeness (QED) is 0.363. The molecule has 0 saturated carbocycles. The molecule has 0 fully saturated rings. The summed E-state index contributed by atoms with van der Waals surface area (Å²) in [6, 6.07) is 20.5. The number of carbonyl (C=O) groups is 2. The van der Waals surface area contributed by atoms with Gasteiger partial charge in [0.05, 0.1) is 11.9 Å². The average molecular weight is 556 g/mol. The van der Waals surface area contributed by atoms with Gasteiger partial charge in [0.25, 0.3) is 0 Å². The highest BCUT2D eigenvalue weighted by atomic mass is 32.2. The summed E-state index contributed by atoms with van der Waals surface area (Å²) in [5.41, 5.74) is 1.86. The Bertz CT molecular complexity index is 1350. The van der Waals surface area contributed by atoms with E-state index in [1.807, 2.05) is 30.3 Å². The van der Waals surface area contributed by atoms with Crippen LogP contribution in [0.1, 0.15) is 31.9 Å². The Morgan fingerprint density at radius 2 is 1.51 bits per heavy atom. The van der Waals surface area contributed by atoms with Crippen LogP contribution in [-0.4, -0.2) is 50.0 Å². The maximum absolute atomic E-state index is 13.5. The fraction of sp³-hybridized carbons (Fsp3) is 0.310. The maximum Gasteiger partial charge on any atom is 0.244 e. The van der Waals surface area contributed by atoms with Crippen molar-refractivity contribution in [2.24, 2.45) is 0 Å². The van der Waals surface area contributed by atoms with Crippen molar-refractivity contribution in [3.05, 3.63) is 95.8 Å². The standard InChI is InChI=1S/C29H34FN3O5S/c1-21(2)31-29(35)22(3)32(18-23-10-12-25(30)13-11-23)28(34)19-33(39(4,36)37)26-14-16-27(17-15-26)38-20-24-8-6-5-7-9-24/h5-17,21-22H,18-20H2,1-4H3,(H,31,35). The van der Waals surface area contributed by atoms with Gasteiger partial charge in [-0.15, -0.1) is 0 Å². The van der Waals surface area contributed by atoms with Gasteiger partial charge in [-0.1, -0.05) is 42.5 Å². The van der Waals surface area contributed by atoms with Crippen molar-refractivity contribution in [1.82, 2.24) is 10.2 Å². The smallest absolute Gasteiger partial charge is 0.244 e. The molecule has 0 spiro atoms. The van der Waals surface area contributed by atoms with Crippen LogP contribution in [0.3, 0.4) is 0 Å². The van der Waals surface area contributed by atoms with Crippen LogP contribution >= 0.6 is 0 Å². The van der Waals surface area contributed by atoms with E-state index >= 15 is 0 Å². The second kappa shape index (κ2) is 13.2. The highest BCUT2D eigenvalue weighted by Gasteiger charge is 2.30. The summed E-state index contributed by atoms with van der Waals surface area (Å²) in [5, 5.41) is 2.78. The molecule has 10 heteroatoms. The minimum Gasteiger partial charge on any atom is -0.489 e. The first-order valence-corrected chi connectivity index (χ1v) is 14.4. The topological polar surface area (TPSA) is 96.0 Å². The van der Waals surface area contributed by atoms with E-state index in [0.717, 1.165) is 16.1 Å². The molecule has 0 aromatic heterocycles. The van der Waals surface area contributed by atoms with Gasteiger partial charge in [0.15, 0.2) is 0 Å². The lowest BCUT2D eigenvalue weighted by Gasteiger charge is -2.32. The van der Waals surface area contributed by atoms with E-state index in [9.17, 15) is 22.4 Å². The Morgan fingerprint density at radius 1 is 0.897 bits per heavy atom. The molecule has 0 saturated heterocycles. The number of amides is 2. The van der Waals surface area contributed by atoms with Crippen LogP contribution in [0.15, 0.2) is 78.9 Å². The molecule has 208 valence electrons. The van der Waals surface area contributed by atoms with E-state index in [4.69, 9.17) is 4.74 Å². The Kier molecular flexibility index (Phi) is 10.1. The SMILES string of the molecule is CC(C)NC(=O)C(C)N(Cc1ccc(F)cc1)C(=O)CN(c1ccc(OCc2ccccc2)cc1)S(C)(=O)=O. The number of hydrogen-bond donors (Lipinski definition) is 1. The van der Waals surface area contributed by atoms with Gasteiger partial charge >= 0.3 is 0 Å². The van der Waals surface area contributed by atoms with Crippen molar-refractivity contribution in [1.29, 1.82) is 0 Å². The highest BCUT2D eigenvalue weighted by molar-refractivity contribution is 7.92. The van der Waals surface area contributed by atoms with Crippen LogP contribution in [0.4, 0.5) is 10.1 Å². The second-order valence-corrected chi connectivity index (χ2v) is 11.4. The lowest BCUT2D eigenvalue weighted by Crippen LogP contribution is -2.52. The van der Waals surface area contributed by atoms with Gasteiger partial charge in [0.2, 0.25) is 21.8 Å². The van der Waals surface area contributed by atoms with Gasteiger partial charge in [-0.25, -0.2) is 12.8 Å². The Morgan fingerprint density at radius 3 is 2.08 bits per heavy atom. The van der Waals surface area contributed by atoms with Crippen molar-refractivity contribution in [2.75, 3.05) is 17.1 Å². The zero-order chi connectivity index (χ0) is 28.6. The monoisotopic (exact) mass is 555 g/mol. The first-order valence-electron chi connectivity index (χ1n) is 12.5. The van der Waals surface area contributed by atoms with Crippen LogP contribution in [0.2, 0.25) is 0 Å². The third-order valence-corrected chi connectivity index (χ3v) is 7.06. The third-order valence-electron chi connectivity index (χ3n) is 5.92. The first kappa shape index (κ1) is 29.6. The summed E-state index contributed by atoms with van der Waals surface area (Å²) in [6.07, 6.45) is 1.01. The molecule has 0 radical (unpaired) electrons. The normalized spacial score (nSPS) is 12.1. The summed E-state index contributed by atoms with van der Waals surface area (Å²) in [5.74, 6) is -0.854. The predicted molar refractivity (Wildman–Crippen MR) is 149 cm³/mol. The number of ether oxygens (including phenoxy) is 1. The van der Waals surface area contributed by atoms with Crippen molar-refractivity contribution < 1.29 is 27.1 Å². The number of benzene rings is 3. The number of sulfonamides is 1. The second-order valence-electron chi connectivity index (χ2n) is 9.53. The summed E-state index contributed by atoms with van der Waals surface area (Å²) in [6.45, 7) is 5.00. The molecule has 0 aliphatic rings. The molecule has 3 aromatic rings. The van der Waals surface area contributed by atoms with E-state index in [1.54, 1.807) is 45.0 Å². The summed E-state index contributed by atoms with van der Waals surface area (Å²) < 4.78 is 45.7. The van der Waals surface area contributed by atoms with Crippen LogP contribution in [0.5, 0.6) is 5.75 Å². The molecule has 0 bridgehead atoms. The molecule has 0 heterocycles. The molecule has 2 amide bonds. The lowest BCUT2D eigenvalue weighted by atomic mass is 10.1. The molecule has 8 nitrogen and oxygen atoms in total. The molecular weight excluding hydrogens is 521 g/mol. The maximum atomic E-state index is 13.5. The number of rotatable bonds is 12. The molecular formula is C29H34FN3O5S. The number of halogens is 1. The molecule has 39 heavy (non-hydrogen) atoms. The van der Waals surface area contributed by atoms with Crippen molar-refractivity contribution >= 4 is 27.5 Å². The van der Waals surface area contributed by atoms with Gasteiger partial charge in [-0.05, 0) is 68.3 Å². The van der Waals surface area contributed by atoms with Gasteiger partial charge in [-0.3, -0.25) is 13.9 Å².